The molecular formula is C12H23NO2. The molecule has 0 amide bonds. The van der Waals surface area contributed by atoms with E-state index in [1.807, 2.05) is 0 Å². The lowest BCUT2D eigenvalue weighted by molar-refractivity contribution is 0.0690. The van der Waals surface area contributed by atoms with Crippen LogP contribution in [0.5, 0.6) is 0 Å². The van der Waals surface area contributed by atoms with Crippen molar-refractivity contribution in [2.75, 3.05) is 26.3 Å². The second kappa shape index (κ2) is 5.83. The van der Waals surface area contributed by atoms with Gasteiger partial charge in [0.1, 0.15) is 0 Å². The Hall–Kier alpha value is -0.120. The first-order chi connectivity index (χ1) is 7.36. The second-order valence-electron chi connectivity index (χ2n) is 5.00. The zero-order valence-corrected chi connectivity index (χ0v) is 9.45. The number of aliphatic hydroxyl groups excluding tert-OH is 1. The van der Waals surface area contributed by atoms with Gasteiger partial charge < -0.3 is 15.2 Å². The van der Waals surface area contributed by atoms with Crippen LogP contribution >= 0.6 is 0 Å². The molecule has 88 valence electrons. The summed E-state index contributed by atoms with van der Waals surface area (Å²) in [6, 6.07) is 0. The average Bonchev–Trinajstić information content (AvgIpc) is 2.74. The van der Waals surface area contributed by atoms with Crippen molar-refractivity contribution in [2.45, 2.75) is 38.2 Å². The van der Waals surface area contributed by atoms with Crippen molar-refractivity contribution in [3.63, 3.8) is 0 Å². The van der Waals surface area contributed by atoms with E-state index in [1.165, 1.54) is 25.7 Å². The molecule has 1 saturated heterocycles. The maximum atomic E-state index is 9.80. The van der Waals surface area contributed by atoms with Crippen LogP contribution in [0.4, 0.5) is 0 Å². The molecule has 2 aliphatic rings. The van der Waals surface area contributed by atoms with E-state index >= 15 is 0 Å². The van der Waals surface area contributed by atoms with Gasteiger partial charge in [-0.2, -0.15) is 0 Å². The highest BCUT2D eigenvalue weighted by Gasteiger charge is 2.23. The Bertz CT molecular complexity index is 180. The maximum Gasteiger partial charge on any atom is 0.0580 e. The Morgan fingerprint density at radius 3 is 2.73 bits per heavy atom. The SMILES string of the molecule is OC1CCCCC1CNCC1CCOC1. The van der Waals surface area contributed by atoms with Gasteiger partial charge in [0, 0.05) is 19.7 Å². The molecule has 0 radical (unpaired) electrons. The van der Waals surface area contributed by atoms with Gasteiger partial charge in [0.25, 0.3) is 0 Å². The third-order valence-electron chi connectivity index (χ3n) is 3.73. The van der Waals surface area contributed by atoms with Crippen molar-refractivity contribution in [3.8, 4) is 0 Å². The van der Waals surface area contributed by atoms with Gasteiger partial charge in [-0.05, 0) is 31.1 Å². The van der Waals surface area contributed by atoms with Crippen LogP contribution in [-0.4, -0.2) is 37.5 Å². The highest BCUT2D eigenvalue weighted by molar-refractivity contribution is 4.77. The molecule has 2 rings (SSSR count). The maximum absolute atomic E-state index is 9.80. The number of aliphatic hydroxyl groups is 1. The van der Waals surface area contributed by atoms with Crippen LogP contribution in [0, 0.1) is 11.8 Å². The predicted octanol–water partition coefficient (Wildman–Crippen LogP) is 1.16. The lowest BCUT2D eigenvalue weighted by Gasteiger charge is -2.28. The average molecular weight is 213 g/mol. The van der Waals surface area contributed by atoms with Crippen molar-refractivity contribution >= 4 is 0 Å². The van der Waals surface area contributed by atoms with Crippen molar-refractivity contribution in [2.24, 2.45) is 11.8 Å². The smallest absolute Gasteiger partial charge is 0.0580 e. The summed E-state index contributed by atoms with van der Waals surface area (Å²) in [6.45, 7) is 3.89. The van der Waals surface area contributed by atoms with Crippen LogP contribution in [0.2, 0.25) is 0 Å². The molecule has 3 nitrogen and oxygen atoms in total. The standard InChI is InChI=1S/C12H23NO2/c14-12-4-2-1-3-11(12)8-13-7-10-5-6-15-9-10/h10-14H,1-9H2. The lowest BCUT2D eigenvalue weighted by atomic mass is 9.86. The van der Waals surface area contributed by atoms with Gasteiger partial charge in [-0.1, -0.05) is 12.8 Å². The summed E-state index contributed by atoms with van der Waals surface area (Å²) in [4.78, 5) is 0. The number of hydrogen-bond acceptors (Lipinski definition) is 3. The van der Waals surface area contributed by atoms with Gasteiger partial charge in [-0.15, -0.1) is 0 Å². The fourth-order valence-corrected chi connectivity index (χ4v) is 2.64. The van der Waals surface area contributed by atoms with E-state index in [-0.39, 0.29) is 6.10 Å². The molecule has 2 N–H and O–H groups in total. The van der Waals surface area contributed by atoms with Crippen molar-refractivity contribution in [1.29, 1.82) is 0 Å². The van der Waals surface area contributed by atoms with Crippen LogP contribution in [0.25, 0.3) is 0 Å². The minimum atomic E-state index is -0.0638. The second-order valence-corrected chi connectivity index (χ2v) is 5.00. The molecule has 1 aliphatic carbocycles. The van der Waals surface area contributed by atoms with Crippen LogP contribution in [-0.2, 0) is 4.74 Å². The molecule has 2 fully saturated rings. The third-order valence-corrected chi connectivity index (χ3v) is 3.73. The van der Waals surface area contributed by atoms with E-state index in [9.17, 15) is 5.11 Å². The Labute approximate surface area is 92.2 Å². The van der Waals surface area contributed by atoms with Crippen molar-refractivity contribution < 1.29 is 9.84 Å². The molecule has 3 heteroatoms. The van der Waals surface area contributed by atoms with Crippen LogP contribution in [0.15, 0.2) is 0 Å². The zero-order chi connectivity index (χ0) is 10.5. The molecule has 3 atom stereocenters. The molecule has 0 spiro atoms. The molecular weight excluding hydrogens is 190 g/mol. The van der Waals surface area contributed by atoms with Gasteiger partial charge >= 0.3 is 0 Å². The molecule has 1 heterocycles. The predicted molar refractivity (Wildman–Crippen MR) is 59.8 cm³/mol. The van der Waals surface area contributed by atoms with Crippen LogP contribution < -0.4 is 5.32 Å². The Kier molecular flexibility index (Phi) is 4.42. The highest BCUT2D eigenvalue weighted by atomic mass is 16.5. The Morgan fingerprint density at radius 2 is 2.00 bits per heavy atom. The largest absolute Gasteiger partial charge is 0.393 e. The van der Waals surface area contributed by atoms with Gasteiger partial charge in [0.15, 0.2) is 0 Å². The number of rotatable bonds is 4. The van der Waals surface area contributed by atoms with E-state index in [1.54, 1.807) is 0 Å². The minimum Gasteiger partial charge on any atom is -0.393 e. The van der Waals surface area contributed by atoms with E-state index < -0.39 is 0 Å². The zero-order valence-electron chi connectivity index (χ0n) is 9.45. The van der Waals surface area contributed by atoms with E-state index in [0.717, 1.165) is 32.7 Å². The third kappa shape index (κ3) is 3.44. The monoisotopic (exact) mass is 213 g/mol. The summed E-state index contributed by atoms with van der Waals surface area (Å²) < 4.78 is 5.33. The van der Waals surface area contributed by atoms with Crippen LogP contribution in [0.1, 0.15) is 32.1 Å². The Balaban J connectivity index is 1.59. The molecule has 0 aromatic heterocycles. The summed E-state index contributed by atoms with van der Waals surface area (Å²) in [6.07, 6.45) is 5.81. The number of ether oxygens (including phenoxy) is 1. The van der Waals surface area contributed by atoms with Crippen molar-refractivity contribution in [1.82, 2.24) is 5.32 Å². The quantitative estimate of drug-likeness (QED) is 0.736. The molecule has 1 saturated carbocycles. The summed E-state index contributed by atoms with van der Waals surface area (Å²) in [5, 5.41) is 13.3. The minimum absolute atomic E-state index is 0.0638. The van der Waals surface area contributed by atoms with E-state index in [2.05, 4.69) is 5.32 Å². The summed E-state index contributed by atoms with van der Waals surface area (Å²) in [5.41, 5.74) is 0. The first kappa shape index (κ1) is 11.4. The van der Waals surface area contributed by atoms with Gasteiger partial charge in [-0.3, -0.25) is 0 Å². The summed E-state index contributed by atoms with van der Waals surface area (Å²) in [5.74, 6) is 1.19. The van der Waals surface area contributed by atoms with Gasteiger partial charge in [0.05, 0.1) is 12.7 Å². The van der Waals surface area contributed by atoms with Crippen LogP contribution in [0.3, 0.4) is 0 Å². The summed E-state index contributed by atoms with van der Waals surface area (Å²) in [7, 11) is 0. The highest BCUT2D eigenvalue weighted by Crippen LogP contribution is 2.23. The van der Waals surface area contributed by atoms with Gasteiger partial charge in [0.2, 0.25) is 0 Å². The van der Waals surface area contributed by atoms with E-state index in [0.29, 0.717) is 11.8 Å². The fourth-order valence-electron chi connectivity index (χ4n) is 2.64. The molecule has 1 aliphatic heterocycles. The van der Waals surface area contributed by atoms with E-state index in [4.69, 9.17) is 4.74 Å². The Morgan fingerprint density at radius 1 is 1.13 bits per heavy atom. The van der Waals surface area contributed by atoms with Gasteiger partial charge in [-0.25, -0.2) is 0 Å². The first-order valence-electron chi connectivity index (χ1n) is 6.33. The normalized spacial score (nSPS) is 37.0. The topological polar surface area (TPSA) is 41.5 Å². The molecule has 0 bridgehead atoms. The molecule has 0 aromatic carbocycles. The fraction of sp³-hybridized carbons (Fsp3) is 1.00. The lowest BCUT2D eigenvalue weighted by Crippen LogP contribution is -2.35. The molecule has 15 heavy (non-hydrogen) atoms. The number of hydrogen-bond donors (Lipinski definition) is 2. The first-order valence-corrected chi connectivity index (χ1v) is 6.33. The molecule has 0 aromatic rings. The molecule has 3 unspecified atom stereocenters. The number of nitrogens with one attached hydrogen (secondary N) is 1. The van der Waals surface area contributed by atoms with Crippen molar-refractivity contribution in [3.05, 3.63) is 0 Å². The summed E-state index contributed by atoms with van der Waals surface area (Å²) >= 11 is 0.